The molecule has 4 nitrogen and oxygen atoms in total. The number of halogens is 2. The van der Waals surface area contributed by atoms with Crippen molar-refractivity contribution in [3.05, 3.63) is 0 Å². The van der Waals surface area contributed by atoms with Crippen molar-refractivity contribution in [1.29, 1.82) is 5.41 Å². The van der Waals surface area contributed by atoms with Gasteiger partial charge in [0.2, 0.25) is 0 Å². The lowest BCUT2D eigenvalue weighted by atomic mass is 10.3. The van der Waals surface area contributed by atoms with Crippen LogP contribution in [0.3, 0.4) is 0 Å². The van der Waals surface area contributed by atoms with Crippen molar-refractivity contribution in [2.24, 2.45) is 0 Å². The molecule has 1 fully saturated rings. The van der Waals surface area contributed by atoms with Gasteiger partial charge in [-0.15, -0.1) is 0 Å². The molecule has 1 aliphatic rings. The second-order valence-electron chi connectivity index (χ2n) is 3.95. The molecular formula is C10H19F2N3O. The van der Waals surface area contributed by atoms with E-state index < -0.39 is 13.0 Å². The Bertz CT molecular complexity index is 218. The van der Waals surface area contributed by atoms with Crippen LogP contribution in [-0.2, 0) is 4.74 Å². The van der Waals surface area contributed by atoms with Gasteiger partial charge in [0.25, 0.3) is 6.43 Å². The van der Waals surface area contributed by atoms with E-state index in [9.17, 15) is 8.78 Å². The van der Waals surface area contributed by atoms with Crippen molar-refractivity contribution in [2.75, 3.05) is 46.4 Å². The third-order valence-electron chi connectivity index (χ3n) is 2.61. The number of alkyl halides is 2. The Labute approximate surface area is 94.7 Å². The van der Waals surface area contributed by atoms with E-state index in [1.165, 1.54) is 0 Å². The van der Waals surface area contributed by atoms with E-state index in [0.717, 1.165) is 26.2 Å². The topological polar surface area (TPSA) is 39.6 Å². The van der Waals surface area contributed by atoms with Gasteiger partial charge in [-0.25, -0.2) is 8.78 Å². The predicted octanol–water partition coefficient (Wildman–Crippen LogP) is 0.883. The van der Waals surface area contributed by atoms with Gasteiger partial charge in [-0.3, -0.25) is 5.41 Å². The molecular weight excluding hydrogens is 216 g/mol. The zero-order valence-electron chi connectivity index (χ0n) is 9.59. The van der Waals surface area contributed by atoms with Gasteiger partial charge >= 0.3 is 0 Å². The monoisotopic (exact) mass is 235 g/mol. The average molecular weight is 235 g/mol. The molecule has 1 rings (SSSR count). The van der Waals surface area contributed by atoms with Crippen LogP contribution in [0.25, 0.3) is 0 Å². The highest BCUT2D eigenvalue weighted by molar-refractivity contribution is 5.79. The first-order chi connectivity index (χ1) is 7.59. The second-order valence-corrected chi connectivity index (χ2v) is 3.95. The highest BCUT2D eigenvalue weighted by atomic mass is 19.3. The van der Waals surface area contributed by atoms with Gasteiger partial charge in [0.15, 0.2) is 0 Å². The Morgan fingerprint density at radius 3 is 2.50 bits per heavy atom. The number of nitrogens with zero attached hydrogens (tertiary/aromatic N) is 2. The first-order valence-electron chi connectivity index (χ1n) is 5.46. The molecule has 1 aliphatic heterocycles. The van der Waals surface area contributed by atoms with E-state index in [4.69, 9.17) is 10.1 Å². The van der Waals surface area contributed by atoms with Crippen molar-refractivity contribution in [2.45, 2.75) is 12.8 Å². The SMILES string of the molecule is CN1CCN(C(=N)CCOCC(F)F)CC1. The van der Waals surface area contributed by atoms with E-state index >= 15 is 0 Å². The first-order valence-corrected chi connectivity index (χ1v) is 5.46. The zero-order chi connectivity index (χ0) is 12.0. The lowest BCUT2D eigenvalue weighted by Gasteiger charge is -2.34. The average Bonchev–Trinajstić information content (AvgIpc) is 2.25. The third-order valence-corrected chi connectivity index (χ3v) is 2.61. The quantitative estimate of drug-likeness (QED) is 0.437. The van der Waals surface area contributed by atoms with Crippen molar-refractivity contribution >= 4 is 5.84 Å². The standard InChI is InChI=1S/C10H19F2N3O/c1-14-3-5-15(6-4-14)10(13)2-7-16-8-9(11)12/h9,13H,2-8H2,1H3. The number of hydrogen-bond donors (Lipinski definition) is 1. The molecule has 0 bridgehead atoms. The third kappa shape index (κ3) is 4.85. The fourth-order valence-corrected chi connectivity index (χ4v) is 1.58. The molecule has 6 heteroatoms. The molecule has 0 unspecified atom stereocenters. The lowest BCUT2D eigenvalue weighted by molar-refractivity contribution is 0.0194. The van der Waals surface area contributed by atoms with Crippen LogP contribution in [0.15, 0.2) is 0 Å². The summed E-state index contributed by atoms with van der Waals surface area (Å²) >= 11 is 0. The van der Waals surface area contributed by atoms with E-state index in [1.54, 1.807) is 0 Å². The predicted molar refractivity (Wildman–Crippen MR) is 58.2 cm³/mol. The summed E-state index contributed by atoms with van der Waals surface area (Å²) in [7, 11) is 2.05. The van der Waals surface area contributed by atoms with Gasteiger partial charge in [0.05, 0.1) is 12.4 Å². The smallest absolute Gasteiger partial charge is 0.261 e. The Kier molecular flexibility index (Phi) is 5.62. The summed E-state index contributed by atoms with van der Waals surface area (Å²) in [5.41, 5.74) is 0. The number of ether oxygens (including phenoxy) is 1. The largest absolute Gasteiger partial charge is 0.375 e. The van der Waals surface area contributed by atoms with Gasteiger partial charge in [0, 0.05) is 32.6 Å². The van der Waals surface area contributed by atoms with Crippen LogP contribution >= 0.6 is 0 Å². The minimum Gasteiger partial charge on any atom is -0.375 e. The lowest BCUT2D eigenvalue weighted by Crippen LogP contribution is -2.47. The second kappa shape index (κ2) is 6.75. The molecule has 0 aromatic rings. The summed E-state index contributed by atoms with van der Waals surface area (Å²) in [6.07, 6.45) is -2.01. The van der Waals surface area contributed by atoms with Gasteiger partial charge in [-0.2, -0.15) is 0 Å². The molecule has 0 atom stereocenters. The van der Waals surface area contributed by atoms with E-state index in [1.807, 2.05) is 11.9 Å². The summed E-state index contributed by atoms with van der Waals surface area (Å²) < 4.78 is 28.3. The zero-order valence-corrected chi connectivity index (χ0v) is 9.59. The van der Waals surface area contributed by atoms with Crippen LogP contribution in [0.4, 0.5) is 8.78 Å². The number of hydrogen-bond acceptors (Lipinski definition) is 3. The molecule has 0 amide bonds. The fraction of sp³-hybridized carbons (Fsp3) is 0.900. The van der Waals surface area contributed by atoms with E-state index in [-0.39, 0.29) is 6.61 Å². The summed E-state index contributed by atoms with van der Waals surface area (Å²) in [6, 6.07) is 0. The Hall–Kier alpha value is -0.750. The van der Waals surface area contributed by atoms with Gasteiger partial charge in [-0.05, 0) is 7.05 Å². The summed E-state index contributed by atoms with van der Waals surface area (Å²) in [6.45, 7) is 3.24. The highest BCUT2D eigenvalue weighted by Gasteiger charge is 2.16. The van der Waals surface area contributed by atoms with E-state index in [2.05, 4.69) is 4.90 Å². The molecule has 0 aromatic carbocycles. The number of amidine groups is 1. The normalized spacial score (nSPS) is 18.1. The highest BCUT2D eigenvalue weighted by Crippen LogP contribution is 2.02. The molecule has 16 heavy (non-hydrogen) atoms. The van der Waals surface area contributed by atoms with E-state index in [0.29, 0.717) is 12.3 Å². The molecule has 0 aromatic heterocycles. The van der Waals surface area contributed by atoms with Crippen molar-refractivity contribution < 1.29 is 13.5 Å². The molecule has 1 N–H and O–H groups in total. The minimum absolute atomic E-state index is 0.204. The van der Waals surface area contributed by atoms with Gasteiger partial charge in [0.1, 0.15) is 6.61 Å². The van der Waals surface area contributed by atoms with Gasteiger partial charge < -0.3 is 14.5 Å². The maximum absolute atomic E-state index is 11.8. The van der Waals surface area contributed by atoms with Crippen LogP contribution in [0.2, 0.25) is 0 Å². The summed E-state index contributed by atoms with van der Waals surface area (Å²) in [4.78, 5) is 4.18. The van der Waals surface area contributed by atoms with Crippen LogP contribution in [0, 0.1) is 5.41 Å². The molecule has 0 aliphatic carbocycles. The number of rotatable bonds is 5. The van der Waals surface area contributed by atoms with Crippen molar-refractivity contribution in [3.63, 3.8) is 0 Å². The molecule has 0 saturated carbocycles. The first kappa shape index (κ1) is 13.3. The maximum atomic E-state index is 11.8. The number of nitrogens with one attached hydrogen (secondary N) is 1. The Morgan fingerprint density at radius 2 is 1.94 bits per heavy atom. The fourth-order valence-electron chi connectivity index (χ4n) is 1.58. The number of likely N-dealkylation sites (N-methyl/N-ethyl adjacent to an activating group) is 1. The Balaban J connectivity index is 2.10. The van der Waals surface area contributed by atoms with Crippen LogP contribution in [-0.4, -0.2) is 68.5 Å². The van der Waals surface area contributed by atoms with Crippen molar-refractivity contribution in [1.82, 2.24) is 9.80 Å². The molecule has 94 valence electrons. The van der Waals surface area contributed by atoms with Crippen LogP contribution in [0.5, 0.6) is 0 Å². The molecule has 1 saturated heterocycles. The van der Waals surface area contributed by atoms with Gasteiger partial charge in [-0.1, -0.05) is 0 Å². The van der Waals surface area contributed by atoms with Crippen LogP contribution < -0.4 is 0 Å². The number of piperazine rings is 1. The Morgan fingerprint density at radius 1 is 1.31 bits per heavy atom. The molecule has 1 heterocycles. The van der Waals surface area contributed by atoms with Crippen LogP contribution in [0.1, 0.15) is 6.42 Å². The summed E-state index contributed by atoms with van der Waals surface area (Å²) in [5.74, 6) is 0.488. The molecule has 0 spiro atoms. The minimum atomic E-state index is -2.42. The molecule has 0 radical (unpaired) electrons. The van der Waals surface area contributed by atoms with Crippen molar-refractivity contribution in [3.8, 4) is 0 Å². The summed E-state index contributed by atoms with van der Waals surface area (Å²) in [5, 5.41) is 7.77. The maximum Gasteiger partial charge on any atom is 0.261 e.